The van der Waals surface area contributed by atoms with Crippen LogP contribution in [0.5, 0.6) is 0 Å². The predicted octanol–water partition coefficient (Wildman–Crippen LogP) is 1.95. The van der Waals surface area contributed by atoms with Crippen LogP contribution in [0.25, 0.3) is 0 Å². The Morgan fingerprint density at radius 2 is 1.62 bits per heavy atom. The Balaban J connectivity index is 1.42. The molecule has 5 heteroatoms. The molecule has 2 saturated carbocycles. The van der Waals surface area contributed by atoms with Crippen LogP contribution in [0.3, 0.4) is 0 Å². The molecule has 0 N–H and O–H groups in total. The zero-order chi connectivity index (χ0) is 16.4. The molecule has 5 nitrogen and oxygen atoms in total. The summed E-state index contributed by atoms with van der Waals surface area (Å²) >= 11 is 0. The van der Waals surface area contributed by atoms with Crippen molar-refractivity contribution in [3.8, 4) is 6.07 Å². The average Bonchev–Trinajstić information content (AvgIpc) is 3.39. The summed E-state index contributed by atoms with van der Waals surface area (Å²) in [5.74, 6) is 0.900. The third-order valence-corrected chi connectivity index (χ3v) is 6.00. The number of hydrogen-bond acceptors (Lipinski definition) is 4. The van der Waals surface area contributed by atoms with Crippen molar-refractivity contribution in [3.63, 3.8) is 0 Å². The van der Waals surface area contributed by atoms with Crippen LogP contribution in [0.15, 0.2) is 41.5 Å². The van der Waals surface area contributed by atoms with Crippen LogP contribution >= 0.6 is 0 Å². The molecule has 4 aliphatic carbocycles. The maximum absolute atomic E-state index is 12.7. The second kappa shape index (κ2) is 4.64. The first-order valence-corrected chi connectivity index (χ1v) is 8.29. The summed E-state index contributed by atoms with van der Waals surface area (Å²) in [4.78, 5) is 25.5. The molecule has 2 amide bonds. The number of hydrogen-bond donors (Lipinski definition) is 0. The molecule has 118 valence electrons. The first-order valence-electron chi connectivity index (χ1n) is 8.29. The van der Waals surface area contributed by atoms with Crippen molar-refractivity contribution in [2.45, 2.75) is 6.42 Å². The van der Waals surface area contributed by atoms with Gasteiger partial charge in [-0.3, -0.25) is 9.59 Å². The SMILES string of the molecule is N#Cc1ccc(C=NN2C(=O)C3C4C=CC(C5CC45)C3C2=O)cc1. The van der Waals surface area contributed by atoms with Gasteiger partial charge < -0.3 is 0 Å². The Kier molecular flexibility index (Phi) is 2.64. The summed E-state index contributed by atoms with van der Waals surface area (Å²) in [5, 5.41) is 14.1. The van der Waals surface area contributed by atoms with Gasteiger partial charge in [0.05, 0.1) is 29.7 Å². The fraction of sp³-hybridized carbons (Fsp3) is 0.368. The maximum atomic E-state index is 12.7. The Labute approximate surface area is 139 Å². The van der Waals surface area contributed by atoms with Crippen molar-refractivity contribution in [1.82, 2.24) is 5.01 Å². The van der Waals surface area contributed by atoms with Crippen LogP contribution in [-0.2, 0) is 9.59 Å². The lowest BCUT2D eigenvalue weighted by atomic mass is 9.63. The van der Waals surface area contributed by atoms with Crippen LogP contribution < -0.4 is 0 Å². The number of carbonyl (C=O) groups excluding carboxylic acids is 2. The van der Waals surface area contributed by atoms with E-state index in [9.17, 15) is 9.59 Å². The minimum Gasteiger partial charge on any atom is -0.272 e. The molecule has 1 aliphatic heterocycles. The lowest BCUT2D eigenvalue weighted by Gasteiger charge is -2.37. The van der Waals surface area contributed by atoms with Crippen molar-refractivity contribution in [1.29, 1.82) is 5.26 Å². The van der Waals surface area contributed by atoms with Crippen LogP contribution in [-0.4, -0.2) is 23.0 Å². The molecular weight excluding hydrogens is 302 g/mol. The van der Waals surface area contributed by atoms with Gasteiger partial charge in [0.1, 0.15) is 0 Å². The highest BCUT2D eigenvalue weighted by Gasteiger charge is 2.67. The monoisotopic (exact) mass is 317 g/mol. The number of nitrogens with zero attached hydrogens (tertiary/aromatic N) is 3. The number of benzene rings is 1. The molecule has 1 aromatic rings. The highest BCUT2D eigenvalue weighted by molar-refractivity contribution is 6.06. The third-order valence-electron chi connectivity index (χ3n) is 6.00. The van der Waals surface area contributed by atoms with E-state index in [4.69, 9.17) is 5.26 Å². The second-order valence-electron chi connectivity index (χ2n) is 7.12. The average molecular weight is 317 g/mol. The van der Waals surface area contributed by atoms with E-state index in [2.05, 4.69) is 23.3 Å². The third kappa shape index (κ3) is 1.71. The van der Waals surface area contributed by atoms with Crippen LogP contribution in [0.4, 0.5) is 0 Å². The molecule has 6 rings (SSSR count). The normalized spacial score (nSPS) is 38.4. The molecule has 0 radical (unpaired) electrons. The van der Waals surface area contributed by atoms with Gasteiger partial charge in [0, 0.05) is 0 Å². The Morgan fingerprint density at radius 3 is 2.17 bits per heavy atom. The fourth-order valence-corrected chi connectivity index (χ4v) is 4.82. The van der Waals surface area contributed by atoms with E-state index in [-0.39, 0.29) is 35.5 Å². The number of allylic oxidation sites excluding steroid dienone is 2. The number of carbonyl (C=O) groups is 2. The summed E-state index contributed by atoms with van der Waals surface area (Å²) in [5.41, 5.74) is 1.32. The van der Waals surface area contributed by atoms with Gasteiger partial charge in [-0.2, -0.15) is 15.4 Å². The Bertz CT molecular complexity index is 812. The zero-order valence-electron chi connectivity index (χ0n) is 12.9. The lowest BCUT2D eigenvalue weighted by Crippen LogP contribution is -2.40. The highest BCUT2D eigenvalue weighted by atomic mass is 16.2. The van der Waals surface area contributed by atoms with E-state index in [1.807, 2.05) is 0 Å². The number of hydrazone groups is 1. The summed E-state index contributed by atoms with van der Waals surface area (Å²) < 4.78 is 0. The van der Waals surface area contributed by atoms with E-state index in [1.54, 1.807) is 24.3 Å². The topological polar surface area (TPSA) is 73.5 Å². The van der Waals surface area contributed by atoms with Crippen LogP contribution in [0, 0.1) is 46.8 Å². The van der Waals surface area contributed by atoms with Crippen molar-refractivity contribution in [2.24, 2.45) is 40.6 Å². The van der Waals surface area contributed by atoms with E-state index in [0.717, 1.165) is 17.0 Å². The molecular formula is C19H15N3O2. The summed E-state index contributed by atoms with van der Waals surface area (Å²) in [6, 6.07) is 8.93. The summed E-state index contributed by atoms with van der Waals surface area (Å²) in [6.45, 7) is 0. The van der Waals surface area contributed by atoms with Gasteiger partial charge in [-0.15, -0.1) is 0 Å². The standard InChI is InChI=1S/C19H15N3O2/c20-8-10-1-3-11(4-2-10)9-21-22-18(23)16-12-5-6-13(15-7-14(12)15)17(16)19(22)24/h1-6,9,12-17H,7H2. The van der Waals surface area contributed by atoms with Gasteiger partial charge in [0.25, 0.3) is 11.8 Å². The van der Waals surface area contributed by atoms with E-state index in [0.29, 0.717) is 17.4 Å². The zero-order valence-corrected chi connectivity index (χ0v) is 12.9. The van der Waals surface area contributed by atoms with E-state index >= 15 is 0 Å². The minimum atomic E-state index is -0.214. The predicted molar refractivity (Wildman–Crippen MR) is 85.3 cm³/mol. The molecule has 1 heterocycles. The molecule has 0 spiro atoms. The smallest absolute Gasteiger partial charge is 0.254 e. The molecule has 24 heavy (non-hydrogen) atoms. The maximum Gasteiger partial charge on any atom is 0.254 e. The number of imide groups is 1. The largest absolute Gasteiger partial charge is 0.272 e. The van der Waals surface area contributed by atoms with Gasteiger partial charge in [-0.1, -0.05) is 24.3 Å². The summed E-state index contributed by atoms with van der Waals surface area (Å²) in [7, 11) is 0. The molecule has 6 unspecified atom stereocenters. The molecule has 6 atom stereocenters. The molecule has 1 aromatic carbocycles. The van der Waals surface area contributed by atoms with Crippen molar-refractivity contribution >= 4 is 18.0 Å². The molecule has 2 bridgehead atoms. The second-order valence-corrected chi connectivity index (χ2v) is 7.12. The van der Waals surface area contributed by atoms with Crippen molar-refractivity contribution in [3.05, 3.63) is 47.5 Å². The van der Waals surface area contributed by atoms with Crippen molar-refractivity contribution < 1.29 is 9.59 Å². The van der Waals surface area contributed by atoms with Crippen LogP contribution in [0.1, 0.15) is 17.5 Å². The lowest BCUT2D eigenvalue weighted by molar-refractivity contribution is -0.140. The van der Waals surface area contributed by atoms with Crippen LogP contribution in [0.2, 0.25) is 0 Å². The van der Waals surface area contributed by atoms with E-state index in [1.165, 1.54) is 6.21 Å². The number of nitriles is 1. The Morgan fingerprint density at radius 1 is 1.04 bits per heavy atom. The molecule has 0 aromatic heterocycles. The summed E-state index contributed by atoms with van der Waals surface area (Å²) in [6.07, 6.45) is 6.98. The number of amides is 2. The Hall–Kier alpha value is -2.74. The number of rotatable bonds is 2. The quantitative estimate of drug-likeness (QED) is 0.475. The van der Waals surface area contributed by atoms with Gasteiger partial charge >= 0.3 is 0 Å². The molecule has 5 aliphatic rings. The van der Waals surface area contributed by atoms with Crippen molar-refractivity contribution in [2.75, 3.05) is 0 Å². The first kappa shape index (κ1) is 13.7. The van der Waals surface area contributed by atoms with Gasteiger partial charge in [-0.25, -0.2) is 0 Å². The fourth-order valence-electron chi connectivity index (χ4n) is 4.82. The first-order chi connectivity index (χ1) is 11.7. The highest BCUT2D eigenvalue weighted by Crippen LogP contribution is 2.65. The van der Waals surface area contributed by atoms with Gasteiger partial charge in [0.15, 0.2) is 0 Å². The molecule has 1 saturated heterocycles. The van der Waals surface area contributed by atoms with Gasteiger partial charge in [-0.05, 0) is 47.8 Å². The van der Waals surface area contributed by atoms with E-state index < -0.39 is 0 Å². The van der Waals surface area contributed by atoms with Gasteiger partial charge in [0.2, 0.25) is 0 Å². The minimum absolute atomic E-state index is 0.153. The molecule has 3 fully saturated rings.